The molecular weight excluding hydrogens is 366 g/mol. The van der Waals surface area contributed by atoms with Crippen molar-refractivity contribution in [3.05, 3.63) is 42.5 Å². The van der Waals surface area contributed by atoms with Gasteiger partial charge in [-0.2, -0.15) is 0 Å². The van der Waals surface area contributed by atoms with E-state index in [1.165, 1.54) is 6.33 Å². The molecule has 2 N–H and O–H groups in total. The van der Waals surface area contributed by atoms with Crippen LogP contribution in [-0.2, 0) is 0 Å². The first-order valence-corrected chi connectivity index (χ1v) is 9.81. The van der Waals surface area contributed by atoms with E-state index in [0.717, 1.165) is 36.6 Å². The van der Waals surface area contributed by atoms with Crippen LogP contribution in [0.4, 0.5) is 5.95 Å². The molecule has 1 aliphatic heterocycles. The van der Waals surface area contributed by atoms with Crippen LogP contribution < -0.4 is 10.2 Å². The highest BCUT2D eigenvalue weighted by molar-refractivity contribution is 5.72. The number of hydrogen-bond donors (Lipinski definition) is 2. The van der Waals surface area contributed by atoms with Gasteiger partial charge in [-0.15, -0.1) is 10.2 Å². The highest BCUT2D eigenvalue weighted by Gasteiger charge is 2.23. The summed E-state index contributed by atoms with van der Waals surface area (Å²) < 4.78 is 0. The Kier molecular flexibility index (Phi) is 5.35. The molecule has 2 aromatic heterocycles. The average molecular weight is 391 g/mol. The smallest absolute Gasteiger partial charge is 0.245 e. The van der Waals surface area contributed by atoms with Crippen LogP contribution in [0.2, 0.25) is 0 Å². The van der Waals surface area contributed by atoms with E-state index in [4.69, 9.17) is 0 Å². The summed E-state index contributed by atoms with van der Waals surface area (Å²) in [7, 11) is 0. The zero-order chi connectivity index (χ0) is 20.4. The summed E-state index contributed by atoms with van der Waals surface area (Å²) >= 11 is 0. The van der Waals surface area contributed by atoms with Crippen LogP contribution in [0, 0.1) is 12.8 Å². The molecule has 0 saturated carbocycles. The summed E-state index contributed by atoms with van der Waals surface area (Å²) in [5, 5.41) is 22.7. The summed E-state index contributed by atoms with van der Waals surface area (Å²) in [6.07, 6.45) is 3.18. The van der Waals surface area contributed by atoms with Gasteiger partial charge in [0.25, 0.3) is 0 Å². The van der Waals surface area contributed by atoms with Crippen molar-refractivity contribution in [3.8, 4) is 28.3 Å². The molecule has 3 heterocycles. The van der Waals surface area contributed by atoms with Gasteiger partial charge in [-0.3, -0.25) is 0 Å². The van der Waals surface area contributed by atoms with E-state index in [9.17, 15) is 5.11 Å². The maximum Gasteiger partial charge on any atom is 0.245 e. The van der Waals surface area contributed by atoms with Crippen molar-refractivity contribution in [1.29, 1.82) is 0 Å². The second-order valence-corrected chi connectivity index (χ2v) is 7.67. The molecule has 0 unspecified atom stereocenters. The Hall–Kier alpha value is -3.13. The first kappa shape index (κ1) is 19.2. The quantitative estimate of drug-likeness (QED) is 0.700. The predicted octanol–water partition coefficient (Wildman–Crippen LogP) is 2.44. The lowest BCUT2D eigenvalue weighted by Gasteiger charge is -2.35. The Bertz CT molecular complexity index is 991. The van der Waals surface area contributed by atoms with Crippen LogP contribution in [0.1, 0.15) is 19.5 Å². The van der Waals surface area contributed by atoms with E-state index < -0.39 is 0 Å². The van der Waals surface area contributed by atoms with E-state index >= 15 is 0 Å². The summed E-state index contributed by atoms with van der Waals surface area (Å²) in [6, 6.07) is 7.68. The second-order valence-electron chi connectivity index (χ2n) is 7.67. The Labute approximate surface area is 170 Å². The van der Waals surface area contributed by atoms with Gasteiger partial charge in [-0.25, -0.2) is 15.0 Å². The molecule has 150 valence electrons. The van der Waals surface area contributed by atoms with Crippen LogP contribution in [-0.4, -0.2) is 55.9 Å². The fraction of sp³-hybridized carbons (Fsp3) is 0.381. The van der Waals surface area contributed by atoms with Crippen LogP contribution in [0.5, 0.6) is 5.75 Å². The first-order valence-electron chi connectivity index (χ1n) is 9.81. The minimum Gasteiger partial charge on any atom is -0.507 e. The summed E-state index contributed by atoms with van der Waals surface area (Å²) in [5.74, 6) is 1.28. The Morgan fingerprint density at radius 2 is 1.97 bits per heavy atom. The van der Waals surface area contributed by atoms with Crippen molar-refractivity contribution in [3.63, 3.8) is 0 Å². The minimum absolute atomic E-state index is 0.115. The first-order chi connectivity index (χ1) is 14.0. The number of rotatable bonds is 4. The van der Waals surface area contributed by atoms with Gasteiger partial charge in [0.15, 0.2) is 0 Å². The molecule has 29 heavy (non-hydrogen) atoms. The van der Waals surface area contributed by atoms with E-state index in [0.29, 0.717) is 29.2 Å². The van der Waals surface area contributed by atoms with Gasteiger partial charge in [0.05, 0.1) is 11.9 Å². The molecular formula is C21H25N7O. The third-order valence-electron chi connectivity index (χ3n) is 5.22. The number of benzene rings is 1. The molecule has 0 amide bonds. The molecule has 0 bridgehead atoms. The molecule has 1 saturated heterocycles. The molecule has 0 spiro atoms. The Balaban J connectivity index is 1.55. The molecule has 1 atom stereocenters. The van der Waals surface area contributed by atoms with Crippen molar-refractivity contribution >= 4 is 5.95 Å². The van der Waals surface area contributed by atoms with Crippen molar-refractivity contribution in [2.24, 2.45) is 5.92 Å². The number of phenolic OH excluding ortho intramolecular Hbond substituents is 1. The van der Waals surface area contributed by atoms with Crippen molar-refractivity contribution in [2.45, 2.75) is 26.8 Å². The summed E-state index contributed by atoms with van der Waals surface area (Å²) in [6.45, 7) is 8.93. The van der Waals surface area contributed by atoms with Crippen LogP contribution in [0.15, 0.2) is 36.8 Å². The highest BCUT2D eigenvalue weighted by Crippen LogP contribution is 2.31. The lowest BCUT2D eigenvalue weighted by atomic mass is 10.0. The predicted molar refractivity (Wildman–Crippen MR) is 112 cm³/mol. The largest absolute Gasteiger partial charge is 0.507 e. The third-order valence-corrected chi connectivity index (χ3v) is 5.22. The lowest BCUT2D eigenvalue weighted by molar-refractivity contribution is 0.365. The van der Waals surface area contributed by atoms with E-state index in [1.807, 2.05) is 25.1 Å². The minimum atomic E-state index is 0.115. The maximum absolute atomic E-state index is 10.5. The second kappa shape index (κ2) is 8.08. The number of nitrogens with zero attached hydrogens (tertiary/aromatic N) is 6. The summed E-state index contributed by atoms with van der Waals surface area (Å²) in [5.41, 5.74) is 3.57. The van der Waals surface area contributed by atoms with Gasteiger partial charge in [0.1, 0.15) is 17.8 Å². The standard InChI is InChI=1S/C21H25N7O/c1-13(2)19-11-28(7-6-22-19)21-23-10-18(26-27-21)16-5-4-15(9-20(16)29)17-8-14(3)24-12-25-17/h4-5,8-10,12-13,19,22,29H,6-7,11H2,1-3H3/t19-/m1/s1. The fourth-order valence-corrected chi connectivity index (χ4v) is 3.46. The van der Waals surface area contributed by atoms with E-state index in [-0.39, 0.29) is 5.75 Å². The molecule has 1 aromatic carbocycles. The van der Waals surface area contributed by atoms with Crippen molar-refractivity contribution in [1.82, 2.24) is 30.5 Å². The lowest BCUT2D eigenvalue weighted by Crippen LogP contribution is -2.53. The van der Waals surface area contributed by atoms with Gasteiger partial charge in [0, 0.05) is 42.5 Å². The van der Waals surface area contributed by atoms with Crippen molar-refractivity contribution < 1.29 is 5.11 Å². The number of piperazine rings is 1. The number of phenols is 1. The molecule has 8 nitrogen and oxygen atoms in total. The molecule has 3 aromatic rings. The molecule has 1 fully saturated rings. The normalized spacial score (nSPS) is 17.0. The summed E-state index contributed by atoms with van der Waals surface area (Å²) in [4.78, 5) is 15.0. The molecule has 8 heteroatoms. The Morgan fingerprint density at radius 1 is 1.10 bits per heavy atom. The zero-order valence-electron chi connectivity index (χ0n) is 16.9. The number of aromatic nitrogens is 5. The number of aryl methyl sites for hydroxylation is 1. The number of aromatic hydroxyl groups is 1. The number of nitrogens with one attached hydrogen (secondary N) is 1. The third kappa shape index (κ3) is 4.17. The van der Waals surface area contributed by atoms with E-state index in [1.54, 1.807) is 12.3 Å². The highest BCUT2D eigenvalue weighted by atomic mass is 16.3. The molecule has 4 rings (SSSR count). The van der Waals surface area contributed by atoms with Crippen LogP contribution in [0.3, 0.4) is 0 Å². The molecule has 1 aliphatic rings. The van der Waals surface area contributed by atoms with Gasteiger partial charge in [-0.1, -0.05) is 19.9 Å². The van der Waals surface area contributed by atoms with Crippen LogP contribution >= 0.6 is 0 Å². The zero-order valence-corrected chi connectivity index (χ0v) is 16.9. The number of hydrogen-bond acceptors (Lipinski definition) is 8. The van der Waals surface area contributed by atoms with Gasteiger partial charge in [-0.05, 0) is 31.0 Å². The molecule has 0 aliphatic carbocycles. The average Bonchev–Trinajstić information content (AvgIpc) is 2.74. The SMILES string of the molecule is Cc1cc(-c2ccc(-c3cnc(N4CCN[C@@H](C(C)C)C4)nn3)c(O)c2)ncn1. The maximum atomic E-state index is 10.5. The van der Waals surface area contributed by atoms with Gasteiger partial charge < -0.3 is 15.3 Å². The topological polar surface area (TPSA) is 100.0 Å². The Morgan fingerprint density at radius 3 is 2.66 bits per heavy atom. The van der Waals surface area contributed by atoms with Crippen LogP contribution in [0.25, 0.3) is 22.5 Å². The number of anilines is 1. The van der Waals surface area contributed by atoms with Gasteiger partial charge >= 0.3 is 0 Å². The van der Waals surface area contributed by atoms with Gasteiger partial charge in [0.2, 0.25) is 5.95 Å². The molecule has 0 radical (unpaired) electrons. The van der Waals surface area contributed by atoms with E-state index in [2.05, 4.69) is 49.2 Å². The fourth-order valence-electron chi connectivity index (χ4n) is 3.46. The monoisotopic (exact) mass is 391 g/mol. The van der Waals surface area contributed by atoms with Crippen molar-refractivity contribution in [2.75, 3.05) is 24.5 Å².